The number of nitrogens with zero attached hydrogens (tertiary/aromatic N) is 1. The van der Waals surface area contributed by atoms with Crippen molar-refractivity contribution in [1.82, 2.24) is 10.2 Å². The van der Waals surface area contributed by atoms with Crippen LogP contribution in [0.2, 0.25) is 0 Å². The average Bonchev–Trinajstić information content (AvgIpc) is 3.24. The zero-order valence-electron chi connectivity index (χ0n) is 13.1. The van der Waals surface area contributed by atoms with Gasteiger partial charge in [-0.3, -0.25) is 9.59 Å². The van der Waals surface area contributed by atoms with Crippen LogP contribution in [-0.2, 0) is 9.59 Å². The van der Waals surface area contributed by atoms with Crippen LogP contribution >= 0.6 is 11.8 Å². The summed E-state index contributed by atoms with van der Waals surface area (Å²) < 4.78 is 0. The van der Waals surface area contributed by atoms with E-state index in [0.29, 0.717) is 17.7 Å². The maximum Gasteiger partial charge on any atom is 0.247 e. The fourth-order valence-electron chi connectivity index (χ4n) is 3.07. The van der Waals surface area contributed by atoms with Crippen LogP contribution in [0.5, 0.6) is 0 Å². The summed E-state index contributed by atoms with van der Waals surface area (Å²) in [6.45, 7) is 0. The lowest BCUT2D eigenvalue weighted by Gasteiger charge is -2.23. The Kier molecular flexibility index (Phi) is 5.39. The molecule has 1 saturated heterocycles. The molecule has 2 amide bonds. The van der Waals surface area contributed by atoms with Crippen molar-refractivity contribution in [1.29, 1.82) is 0 Å². The van der Waals surface area contributed by atoms with Crippen molar-refractivity contribution in [3.8, 4) is 0 Å². The SMILES string of the molecule is O=C(NC1CCCC1)C1CSCN1C(=O)/C=C/c1ccccc1. The minimum atomic E-state index is -0.339. The molecule has 5 heteroatoms. The molecule has 0 bridgehead atoms. The van der Waals surface area contributed by atoms with Crippen molar-refractivity contribution in [2.24, 2.45) is 0 Å². The summed E-state index contributed by atoms with van der Waals surface area (Å²) in [5, 5.41) is 3.11. The molecule has 0 aromatic heterocycles. The van der Waals surface area contributed by atoms with Crippen molar-refractivity contribution in [2.45, 2.75) is 37.8 Å². The summed E-state index contributed by atoms with van der Waals surface area (Å²) in [5.41, 5.74) is 0.986. The predicted molar refractivity (Wildman–Crippen MR) is 93.8 cm³/mol. The van der Waals surface area contributed by atoms with Gasteiger partial charge in [0.1, 0.15) is 6.04 Å². The second kappa shape index (κ2) is 7.68. The van der Waals surface area contributed by atoms with Crippen molar-refractivity contribution in [3.05, 3.63) is 42.0 Å². The highest BCUT2D eigenvalue weighted by Gasteiger charge is 2.34. The molecular weight excluding hydrogens is 308 g/mol. The van der Waals surface area contributed by atoms with E-state index in [0.717, 1.165) is 18.4 Å². The molecule has 1 N–H and O–H groups in total. The number of amides is 2. The van der Waals surface area contributed by atoms with E-state index in [4.69, 9.17) is 0 Å². The fourth-order valence-corrected chi connectivity index (χ4v) is 4.24. The maximum atomic E-state index is 12.4. The number of rotatable bonds is 4. The summed E-state index contributed by atoms with van der Waals surface area (Å²) in [6.07, 6.45) is 7.87. The first-order chi connectivity index (χ1) is 11.2. The topological polar surface area (TPSA) is 49.4 Å². The van der Waals surface area contributed by atoms with Crippen LogP contribution in [0.15, 0.2) is 36.4 Å². The fraction of sp³-hybridized carbons (Fsp3) is 0.444. The molecule has 23 heavy (non-hydrogen) atoms. The van der Waals surface area contributed by atoms with Crippen LogP contribution in [0.4, 0.5) is 0 Å². The van der Waals surface area contributed by atoms with Crippen molar-refractivity contribution in [2.75, 3.05) is 11.6 Å². The van der Waals surface area contributed by atoms with Gasteiger partial charge in [0.05, 0.1) is 5.88 Å². The Bertz CT molecular complexity index is 582. The number of nitrogens with one attached hydrogen (secondary N) is 1. The highest BCUT2D eigenvalue weighted by molar-refractivity contribution is 7.99. The lowest BCUT2D eigenvalue weighted by Crippen LogP contribution is -2.49. The van der Waals surface area contributed by atoms with Crippen molar-refractivity contribution < 1.29 is 9.59 Å². The van der Waals surface area contributed by atoms with Gasteiger partial charge in [0.25, 0.3) is 0 Å². The lowest BCUT2D eigenvalue weighted by molar-refractivity contribution is -0.135. The monoisotopic (exact) mass is 330 g/mol. The van der Waals surface area contributed by atoms with E-state index in [1.165, 1.54) is 12.8 Å². The first kappa shape index (κ1) is 16.1. The normalized spacial score (nSPS) is 21.9. The van der Waals surface area contributed by atoms with Gasteiger partial charge in [-0.1, -0.05) is 43.2 Å². The molecule has 1 atom stereocenters. The van der Waals surface area contributed by atoms with E-state index in [9.17, 15) is 9.59 Å². The number of hydrogen-bond acceptors (Lipinski definition) is 3. The molecule has 1 aliphatic heterocycles. The number of hydrogen-bond donors (Lipinski definition) is 1. The van der Waals surface area contributed by atoms with Crippen LogP contribution in [0.25, 0.3) is 6.08 Å². The molecule has 1 heterocycles. The van der Waals surface area contributed by atoms with Gasteiger partial charge < -0.3 is 10.2 Å². The molecule has 1 saturated carbocycles. The van der Waals surface area contributed by atoms with Gasteiger partial charge >= 0.3 is 0 Å². The molecule has 1 aromatic carbocycles. The Balaban J connectivity index is 1.60. The zero-order valence-corrected chi connectivity index (χ0v) is 13.9. The Labute approximate surface area is 141 Å². The van der Waals surface area contributed by atoms with Crippen molar-refractivity contribution in [3.63, 3.8) is 0 Å². The van der Waals surface area contributed by atoms with E-state index >= 15 is 0 Å². The van der Waals surface area contributed by atoms with Gasteiger partial charge in [-0.2, -0.15) is 0 Å². The molecule has 122 valence electrons. The molecule has 3 rings (SSSR count). The van der Waals surface area contributed by atoms with Gasteiger partial charge in [-0.05, 0) is 24.5 Å². The minimum absolute atomic E-state index is 0.00311. The molecule has 1 aliphatic carbocycles. The number of carbonyl (C=O) groups excluding carboxylic acids is 2. The third-order valence-electron chi connectivity index (χ3n) is 4.39. The molecule has 2 aliphatic rings. The summed E-state index contributed by atoms with van der Waals surface area (Å²) >= 11 is 1.64. The second-order valence-electron chi connectivity index (χ2n) is 6.06. The number of carbonyl (C=O) groups is 2. The molecule has 2 fully saturated rings. The largest absolute Gasteiger partial charge is 0.352 e. The Hall–Kier alpha value is -1.75. The summed E-state index contributed by atoms with van der Waals surface area (Å²) in [7, 11) is 0. The van der Waals surface area contributed by atoms with Crippen molar-refractivity contribution >= 4 is 29.7 Å². The lowest BCUT2D eigenvalue weighted by atomic mass is 10.2. The molecule has 0 radical (unpaired) electrons. The maximum absolute atomic E-state index is 12.4. The Morgan fingerprint density at radius 3 is 2.65 bits per heavy atom. The minimum Gasteiger partial charge on any atom is -0.352 e. The number of thioether (sulfide) groups is 1. The first-order valence-corrected chi connectivity index (χ1v) is 9.31. The highest BCUT2D eigenvalue weighted by Crippen LogP contribution is 2.23. The molecule has 1 unspecified atom stereocenters. The third-order valence-corrected chi connectivity index (χ3v) is 5.40. The van der Waals surface area contributed by atoms with E-state index < -0.39 is 0 Å². The van der Waals surface area contributed by atoms with Gasteiger partial charge in [0.2, 0.25) is 11.8 Å². The standard InChI is InChI=1S/C18H22N2O2S/c21-17(11-10-14-6-2-1-3-7-14)20-13-23-12-16(20)18(22)19-15-8-4-5-9-15/h1-3,6-7,10-11,15-16H,4-5,8-9,12-13H2,(H,19,22)/b11-10+. The molecule has 1 aromatic rings. The smallest absolute Gasteiger partial charge is 0.247 e. The van der Waals surface area contributed by atoms with E-state index in [1.54, 1.807) is 28.8 Å². The van der Waals surface area contributed by atoms with Gasteiger partial charge in [0, 0.05) is 17.9 Å². The van der Waals surface area contributed by atoms with Gasteiger partial charge in [-0.25, -0.2) is 0 Å². The zero-order chi connectivity index (χ0) is 16.1. The van der Waals surface area contributed by atoms with Crippen LogP contribution in [-0.4, -0.2) is 40.4 Å². The van der Waals surface area contributed by atoms with Crippen LogP contribution in [0.1, 0.15) is 31.2 Å². The highest BCUT2D eigenvalue weighted by atomic mass is 32.2. The van der Waals surface area contributed by atoms with Gasteiger partial charge in [-0.15, -0.1) is 11.8 Å². The predicted octanol–water partition coefficient (Wildman–Crippen LogP) is 2.66. The van der Waals surface area contributed by atoms with Gasteiger partial charge in [0.15, 0.2) is 0 Å². The Morgan fingerprint density at radius 1 is 1.17 bits per heavy atom. The Morgan fingerprint density at radius 2 is 1.91 bits per heavy atom. The van der Waals surface area contributed by atoms with Crippen LogP contribution in [0, 0.1) is 0 Å². The molecular formula is C18H22N2O2S. The van der Waals surface area contributed by atoms with Crippen LogP contribution in [0.3, 0.4) is 0 Å². The number of benzene rings is 1. The summed E-state index contributed by atoms with van der Waals surface area (Å²) in [6, 6.07) is 9.68. The summed E-state index contributed by atoms with van der Waals surface area (Å²) in [4.78, 5) is 26.5. The molecule has 4 nitrogen and oxygen atoms in total. The van der Waals surface area contributed by atoms with Crippen LogP contribution < -0.4 is 5.32 Å². The average molecular weight is 330 g/mol. The first-order valence-electron chi connectivity index (χ1n) is 8.16. The third kappa shape index (κ3) is 4.16. The van der Waals surface area contributed by atoms with E-state index in [-0.39, 0.29) is 17.9 Å². The van der Waals surface area contributed by atoms with E-state index in [1.807, 2.05) is 30.3 Å². The van der Waals surface area contributed by atoms with E-state index in [2.05, 4.69) is 5.32 Å². The summed E-state index contributed by atoms with van der Waals surface area (Å²) in [5.74, 6) is 1.18. The quantitative estimate of drug-likeness (QED) is 0.864. The second-order valence-corrected chi connectivity index (χ2v) is 7.06. The molecule has 0 spiro atoms.